The predicted octanol–water partition coefficient (Wildman–Crippen LogP) is 11.2. The Morgan fingerprint density at radius 2 is 0.448 bits per heavy atom. The van der Waals surface area contributed by atoms with Crippen LogP contribution in [-0.2, 0) is 0 Å². The highest BCUT2D eigenvalue weighted by molar-refractivity contribution is 14.1. The molecule has 0 bridgehead atoms. The second-order valence-corrected chi connectivity index (χ2v) is 55.0. The zero-order valence-corrected chi connectivity index (χ0v) is 30.6. The fraction of sp³-hybridized carbons (Fsp3) is 1.00. The van der Waals surface area contributed by atoms with E-state index in [0.717, 1.165) is 0 Å². The maximum atomic E-state index is 3.19. The lowest BCUT2D eigenvalue weighted by Crippen LogP contribution is -2.88. The van der Waals surface area contributed by atoms with Gasteiger partial charge < -0.3 is 0 Å². The van der Waals surface area contributed by atoms with Crippen molar-refractivity contribution in [3.63, 3.8) is 0 Å². The van der Waals surface area contributed by atoms with Crippen LogP contribution in [0.3, 0.4) is 0 Å². The van der Waals surface area contributed by atoms with E-state index in [1.807, 2.05) is 0 Å². The van der Waals surface area contributed by atoms with Crippen LogP contribution in [0.4, 0.5) is 0 Å². The van der Waals surface area contributed by atoms with Gasteiger partial charge in [0.2, 0.25) is 0 Å². The monoisotopic (exact) mass is 680 g/mol. The van der Waals surface area contributed by atoms with Crippen molar-refractivity contribution in [2.45, 2.75) is 155 Å². The smallest absolute Gasteiger partial charge is 0.121 e. The Labute approximate surface area is 214 Å². The van der Waals surface area contributed by atoms with E-state index < -0.39 is 17.3 Å². The molecule has 0 saturated carbocycles. The van der Waals surface area contributed by atoms with E-state index >= 15 is 0 Å². The Hall–Kier alpha value is 2.11. The van der Waals surface area contributed by atoms with Crippen LogP contribution in [0.25, 0.3) is 0 Å². The summed E-state index contributed by atoms with van der Waals surface area (Å²) in [6.45, 7) is 47.2. The summed E-state index contributed by atoms with van der Waals surface area (Å²) in [5.74, 6) is 0. The number of hydrogen-bond donors (Lipinski definition) is 0. The molecule has 0 aliphatic rings. The van der Waals surface area contributed by atoms with Crippen molar-refractivity contribution in [2.75, 3.05) is 0 Å². The highest BCUT2D eigenvalue weighted by Crippen LogP contribution is 2.78. The van der Waals surface area contributed by atoms with Crippen molar-refractivity contribution in [1.29, 1.82) is 0 Å². The first kappa shape index (κ1) is 31.1. The normalized spacial score (nSPS) is 17.0. The highest BCUT2D eigenvalue weighted by atomic mass is 127. The molecule has 0 fully saturated rings. The van der Waals surface area contributed by atoms with E-state index in [0.29, 0.717) is 30.2 Å². The molecule has 0 aromatic rings. The molecule has 29 heavy (non-hydrogen) atoms. The van der Waals surface area contributed by atoms with E-state index in [-0.39, 0.29) is 0 Å². The molecule has 0 unspecified atom stereocenters. The van der Waals surface area contributed by atoms with Gasteiger partial charge in [-0.05, 0) is 30.2 Å². The molecule has 0 saturated heterocycles. The first-order valence-corrected chi connectivity index (χ1v) is 25.6. The average Bonchev–Trinajstić information content (AvgIpc) is 2.29. The van der Waals surface area contributed by atoms with Gasteiger partial charge in [0.1, 0.15) is 10.2 Å². The molecule has 0 nitrogen and oxygen atoms in total. The van der Waals surface area contributed by atoms with Gasteiger partial charge in [0, 0.05) is 0 Å². The molecule has 176 valence electrons. The molecular formula is C24H54I2Si3. The van der Waals surface area contributed by atoms with Crippen molar-refractivity contribution < 1.29 is 0 Å². The lowest BCUT2D eigenvalue weighted by atomic mass is 10.2. The van der Waals surface area contributed by atoms with Gasteiger partial charge in [-0.25, -0.2) is 0 Å². The predicted molar refractivity (Wildman–Crippen MR) is 164 cm³/mol. The van der Waals surface area contributed by atoms with Gasteiger partial charge >= 0.3 is 0 Å². The molecule has 0 aliphatic carbocycles. The molecule has 0 heterocycles. The summed E-state index contributed by atoms with van der Waals surface area (Å²) >= 11 is 6.38. The van der Waals surface area contributed by atoms with Crippen LogP contribution >= 0.6 is 43.6 Å². The minimum Gasteiger partial charge on any atom is -0.121 e. The Morgan fingerprint density at radius 3 is 0.517 bits per heavy atom. The lowest BCUT2D eigenvalue weighted by Gasteiger charge is -2.75. The Morgan fingerprint density at radius 1 is 0.310 bits per heavy atom. The van der Waals surface area contributed by atoms with Crippen LogP contribution in [-0.4, -0.2) is 17.3 Å². The molecule has 0 amide bonds. The summed E-state index contributed by atoms with van der Waals surface area (Å²) in [5, 5.41) is -1.73. The molecule has 0 aromatic heterocycles. The van der Waals surface area contributed by atoms with Crippen LogP contribution in [0.1, 0.15) is 125 Å². The second-order valence-electron chi connectivity index (χ2n) is 15.6. The molecular weight excluding hydrogens is 626 g/mol. The van der Waals surface area contributed by atoms with Crippen molar-refractivity contribution in [3.05, 3.63) is 0 Å². The van der Waals surface area contributed by atoms with Gasteiger partial charge in [0.05, 0.1) is 7.11 Å². The maximum absolute atomic E-state index is 3.19. The summed E-state index contributed by atoms with van der Waals surface area (Å²) in [7, 11) is -2.00. The second kappa shape index (κ2) is 8.10. The van der Waals surface area contributed by atoms with Crippen LogP contribution in [0.2, 0.25) is 30.2 Å². The summed E-state index contributed by atoms with van der Waals surface area (Å²) in [4.78, 5) is 0. The van der Waals surface area contributed by atoms with Crippen molar-refractivity contribution in [2.24, 2.45) is 0 Å². The topological polar surface area (TPSA) is 0 Å². The minimum absolute atomic E-state index is 0.340. The largest absolute Gasteiger partial charge is 0.127 e. The van der Waals surface area contributed by atoms with Crippen LogP contribution < -0.4 is 0 Å². The number of hydrogen-bond acceptors (Lipinski definition) is 0. The maximum Gasteiger partial charge on any atom is 0.127 e. The third-order valence-electron chi connectivity index (χ3n) is 7.42. The molecule has 0 rings (SSSR count). The zero-order valence-electron chi connectivity index (χ0n) is 23.3. The summed E-state index contributed by atoms with van der Waals surface area (Å²) in [6.07, 6.45) is 0. The first-order chi connectivity index (χ1) is 12.0. The molecule has 0 spiro atoms. The van der Waals surface area contributed by atoms with Gasteiger partial charge in [-0.15, -0.1) is 43.6 Å². The molecule has 0 atom stereocenters. The van der Waals surface area contributed by atoms with Gasteiger partial charge in [-0.2, -0.15) is 0 Å². The molecule has 0 aliphatic heterocycles. The van der Waals surface area contributed by atoms with Crippen LogP contribution in [0, 0.1) is 0 Å². The third-order valence-corrected chi connectivity index (χ3v) is 96.3. The Bertz CT molecular complexity index is 501. The average molecular weight is 681 g/mol. The van der Waals surface area contributed by atoms with Gasteiger partial charge in [-0.1, -0.05) is 125 Å². The van der Waals surface area contributed by atoms with Gasteiger partial charge in [0.25, 0.3) is 0 Å². The number of rotatable bonds is 2. The van der Waals surface area contributed by atoms with Gasteiger partial charge in [0.15, 0.2) is 0 Å². The quantitative estimate of drug-likeness (QED) is 0.155. The molecule has 0 aromatic carbocycles. The summed E-state index contributed by atoms with van der Waals surface area (Å²) in [6, 6.07) is 0. The van der Waals surface area contributed by atoms with Crippen LogP contribution in [0.5, 0.6) is 0 Å². The molecule has 5 heteroatoms. The molecule has 0 radical (unpaired) electrons. The van der Waals surface area contributed by atoms with Crippen molar-refractivity contribution in [3.8, 4) is 0 Å². The first-order valence-electron chi connectivity index (χ1n) is 11.4. The van der Waals surface area contributed by atoms with E-state index in [9.17, 15) is 0 Å². The minimum atomic E-state index is -2.00. The number of halogens is 2. The summed E-state index contributed by atoms with van der Waals surface area (Å²) < 4.78 is 0. The molecule has 0 N–H and O–H groups in total. The summed E-state index contributed by atoms with van der Waals surface area (Å²) in [5.41, 5.74) is 0. The Balaban J connectivity index is 8.46. The third kappa shape index (κ3) is 4.33. The Kier molecular flexibility index (Phi) is 8.69. The van der Waals surface area contributed by atoms with E-state index in [4.69, 9.17) is 0 Å². The van der Waals surface area contributed by atoms with Crippen molar-refractivity contribution in [1.82, 2.24) is 0 Å². The zero-order chi connectivity index (χ0) is 24.5. The van der Waals surface area contributed by atoms with Crippen LogP contribution in [0.15, 0.2) is 0 Å². The standard InChI is InChI=1S/C24H54I2Si3/c1-19(2,3)27(25,20(4,5)6)29(23(13,14)15,24(16,17)18)28(26,21(7,8)9)22(10,11)12/h1-18H3. The fourth-order valence-corrected chi connectivity index (χ4v) is 134. The van der Waals surface area contributed by atoms with E-state index in [1.165, 1.54) is 0 Å². The SMILES string of the molecule is CC(C)(C)[Si](I)(C(C)(C)C)[Si](C(C)(C)C)(C(C)(C)C)[Si](I)(C(C)(C)C)C(C)(C)C. The fourth-order valence-electron chi connectivity index (χ4n) is 7.93. The highest BCUT2D eigenvalue weighted by Gasteiger charge is 2.83. The lowest BCUT2D eigenvalue weighted by molar-refractivity contribution is 0.589. The van der Waals surface area contributed by atoms with E-state index in [1.54, 1.807) is 0 Å². The van der Waals surface area contributed by atoms with E-state index in [2.05, 4.69) is 168 Å². The van der Waals surface area contributed by atoms with Crippen molar-refractivity contribution >= 4 is 60.9 Å². The van der Waals surface area contributed by atoms with Gasteiger partial charge in [-0.3, -0.25) is 0 Å².